The summed E-state index contributed by atoms with van der Waals surface area (Å²) in [5, 5.41) is 14.4. The van der Waals surface area contributed by atoms with E-state index in [-0.39, 0.29) is 14.0 Å². The molecule has 3 rings (SSSR count). The van der Waals surface area contributed by atoms with Gasteiger partial charge in [-0.3, -0.25) is 0 Å². The molecular weight excluding hydrogens is 226 g/mol. The Labute approximate surface area is 106 Å². The molecule has 1 heterocycles. The molecule has 0 saturated carbocycles. The summed E-state index contributed by atoms with van der Waals surface area (Å²) in [5.41, 5.74) is 3.31. The molecule has 1 N–H and O–H groups in total. The van der Waals surface area contributed by atoms with Crippen LogP contribution in [-0.4, -0.2) is 10.3 Å². The second-order valence-electron chi connectivity index (χ2n) is 3.84. The van der Waals surface area contributed by atoms with Gasteiger partial charge in [-0.25, -0.2) is 0 Å². The van der Waals surface area contributed by atoms with E-state index in [0.717, 1.165) is 27.8 Å². The predicted octanol–water partition coefficient (Wildman–Crippen LogP) is 3.62. The lowest BCUT2D eigenvalue weighted by atomic mass is 10.0. The van der Waals surface area contributed by atoms with Crippen LogP contribution in [0.1, 0.15) is 13.0 Å². The maximum atomic E-state index is 9.33. The molecular formula is C15H15NO2. The number of fused-ring (bicyclic) bond motifs is 1. The number of aliphatic hydroxyl groups excluding tert-OH is 1. The lowest BCUT2D eigenvalue weighted by Gasteiger charge is -2.03. The quantitative estimate of drug-likeness (QED) is 0.745. The Balaban J connectivity index is 0.00000120. The first-order valence-corrected chi connectivity index (χ1v) is 5.43. The van der Waals surface area contributed by atoms with Crippen LogP contribution in [0.5, 0.6) is 0 Å². The fourth-order valence-corrected chi connectivity index (χ4v) is 1.97. The van der Waals surface area contributed by atoms with Crippen LogP contribution in [0.15, 0.2) is 53.1 Å². The second kappa shape index (κ2) is 5.02. The van der Waals surface area contributed by atoms with Crippen molar-refractivity contribution in [1.29, 1.82) is 0 Å². The SMILES string of the molecule is C.OCc1ccccc1-c1noc2ccccc12. The second-order valence-corrected chi connectivity index (χ2v) is 3.84. The molecule has 0 unspecified atom stereocenters. The largest absolute Gasteiger partial charge is 0.392 e. The third-order valence-corrected chi connectivity index (χ3v) is 2.82. The Kier molecular flexibility index (Phi) is 3.44. The molecule has 2 aromatic carbocycles. The first-order valence-electron chi connectivity index (χ1n) is 5.43. The van der Waals surface area contributed by atoms with E-state index in [1.807, 2.05) is 48.5 Å². The zero-order valence-corrected chi connectivity index (χ0v) is 9.13. The van der Waals surface area contributed by atoms with Crippen LogP contribution in [0.25, 0.3) is 22.2 Å². The van der Waals surface area contributed by atoms with Crippen molar-refractivity contribution < 1.29 is 9.63 Å². The number of nitrogens with zero attached hydrogens (tertiary/aromatic N) is 1. The molecule has 0 fully saturated rings. The van der Waals surface area contributed by atoms with Gasteiger partial charge in [0.15, 0.2) is 5.58 Å². The molecule has 0 aliphatic carbocycles. The van der Waals surface area contributed by atoms with Crippen molar-refractivity contribution in [2.75, 3.05) is 0 Å². The van der Waals surface area contributed by atoms with Gasteiger partial charge in [-0.05, 0) is 17.7 Å². The summed E-state index contributed by atoms with van der Waals surface area (Å²) in [5.74, 6) is 0. The molecule has 3 nitrogen and oxygen atoms in total. The first kappa shape index (κ1) is 12.3. The van der Waals surface area contributed by atoms with E-state index < -0.39 is 0 Å². The number of para-hydroxylation sites is 1. The maximum Gasteiger partial charge on any atom is 0.167 e. The monoisotopic (exact) mass is 241 g/mol. The van der Waals surface area contributed by atoms with Crippen molar-refractivity contribution in [1.82, 2.24) is 5.16 Å². The van der Waals surface area contributed by atoms with Gasteiger partial charge >= 0.3 is 0 Å². The van der Waals surface area contributed by atoms with Crippen molar-refractivity contribution in [3.8, 4) is 11.3 Å². The summed E-state index contributed by atoms with van der Waals surface area (Å²) in [7, 11) is 0. The highest BCUT2D eigenvalue weighted by atomic mass is 16.5. The van der Waals surface area contributed by atoms with Gasteiger partial charge in [0, 0.05) is 10.9 Å². The molecule has 18 heavy (non-hydrogen) atoms. The number of benzene rings is 2. The highest BCUT2D eigenvalue weighted by Gasteiger charge is 2.12. The summed E-state index contributed by atoms with van der Waals surface area (Å²) in [6, 6.07) is 15.4. The summed E-state index contributed by atoms with van der Waals surface area (Å²) < 4.78 is 5.27. The zero-order valence-electron chi connectivity index (χ0n) is 9.13. The van der Waals surface area contributed by atoms with E-state index in [0.29, 0.717) is 0 Å². The highest BCUT2D eigenvalue weighted by Crippen LogP contribution is 2.29. The van der Waals surface area contributed by atoms with Crippen molar-refractivity contribution in [2.45, 2.75) is 14.0 Å². The molecule has 0 aliphatic rings. The Bertz CT molecular complexity index is 658. The Morgan fingerprint density at radius 2 is 1.72 bits per heavy atom. The van der Waals surface area contributed by atoms with E-state index in [9.17, 15) is 5.11 Å². The van der Waals surface area contributed by atoms with Crippen molar-refractivity contribution in [3.05, 3.63) is 54.1 Å². The van der Waals surface area contributed by atoms with Crippen LogP contribution in [0.3, 0.4) is 0 Å². The molecule has 0 radical (unpaired) electrons. The average Bonchev–Trinajstić information content (AvgIpc) is 2.82. The molecule has 0 saturated heterocycles. The van der Waals surface area contributed by atoms with Crippen molar-refractivity contribution in [2.24, 2.45) is 0 Å². The number of aromatic nitrogens is 1. The maximum absolute atomic E-state index is 9.33. The van der Waals surface area contributed by atoms with E-state index in [1.165, 1.54) is 0 Å². The molecule has 3 heteroatoms. The zero-order chi connectivity index (χ0) is 11.7. The summed E-state index contributed by atoms with van der Waals surface area (Å²) >= 11 is 0. The number of rotatable bonds is 2. The fraction of sp³-hybridized carbons (Fsp3) is 0.133. The van der Waals surface area contributed by atoms with E-state index in [4.69, 9.17) is 4.52 Å². The topological polar surface area (TPSA) is 46.3 Å². The van der Waals surface area contributed by atoms with Gasteiger partial charge in [0.05, 0.1) is 6.61 Å². The fourth-order valence-electron chi connectivity index (χ4n) is 1.97. The Morgan fingerprint density at radius 3 is 2.56 bits per heavy atom. The Morgan fingerprint density at radius 1 is 1.00 bits per heavy atom. The summed E-state index contributed by atoms with van der Waals surface area (Å²) in [6.45, 7) is -0.00262. The van der Waals surface area contributed by atoms with E-state index in [1.54, 1.807) is 0 Å². The molecule has 3 aromatic rings. The van der Waals surface area contributed by atoms with Gasteiger partial charge in [0.2, 0.25) is 0 Å². The lowest BCUT2D eigenvalue weighted by Crippen LogP contribution is -1.89. The summed E-state index contributed by atoms with van der Waals surface area (Å²) in [6.07, 6.45) is 0. The Hall–Kier alpha value is -2.13. The van der Waals surface area contributed by atoms with E-state index in [2.05, 4.69) is 5.16 Å². The van der Waals surface area contributed by atoms with Crippen LogP contribution >= 0.6 is 0 Å². The van der Waals surface area contributed by atoms with Gasteiger partial charge in [-0.1, -0.05) is 49.0 Å². The van der Waals surface area contributed by atoms with Crippen LogP contribution < -0.4 is 0 Å². The molecule has 1 aromatic heterocycles. The predicted molar refractivity (Wildman–Crippen MR) is 72.1 cm³/mol. The van der Waals surface area contributed by atoms with Gasteiger partial charge in [-0.15, -0.1) is 0 Å². The molecule has 0 atom stereocenters. The normalized spacial score (nSPS) is 10.3. The van der Waals surface area contributed by atoms with Gasteiger partial charge < -0.3 is 9.63 Å². The number of hydrogen-bond acceptors (Lipinski definition) is 3. The highest BCUT2D eigenvalue weighted by molar-refractivity contribution is 5.92. The van der Waals surface area contributed by atoms with Gasteiger partial charge in [0.1, 0.15) is 5.69 Å². The van der Waals surface area contributed by atoms with E-state index >= 15 is 0 Å². The molecule has 0 amide bonds. The molecule has 0 aliphatic heterocycles. The van der Waals surface area contributed by atoms with Gasteiger partial charge in [-0.2, -0.15) is 0 Å². The van der Waals surface area contributed by atoms with Gasteiger partial charge in [0.25, 0.3) is 0 Å². The number of aliphatic hydroxyl groups is 1. The smallest absolute Gasteiger partial charge is 0.167 e. The third-order valence-electron chi connectivity index (χ3n) is 2.82. The minimum atomic E-state index is -0.00262. The first-order chi connectivity index (χ1) is 8.40. The van der Waals surface area contributed by atoms with Crippen LogP contribution in [0.2, 0.25) is 0 Å². The number of hydrogen-bond donors (Lipinski definition) is 1. The minimum absolute atomic E-state index is 0. The average molecular weight is 241 g/mol. The van der Waals surface area contributed by atoms with Crippen molar-refractivity contribution in [3.63, 3.8) is 0 Å². The van der Waals surface area contributed by atoms with Crippen LogP contribution in [-0.2, 0) is 6.61 Å². The van der Waals surface area contributed by atoms with Crippen LogP contribution in [0.4, 0.5) is 0 Å². The van der Waals surface area contributed by atoms with Crippen LogP contribution in [0, 0.1) is 0 Å². The summed E-state index contributed by atoms with van der Waals surface area (Å²) in [4.78, 5) is 0. The lowest BCUT2D eigenvalue weighted by molar-refractivity contribution is 0.282. The molecule has 0 bridgehead atoms. The standard InChI is InChI=1S/C14H11NO2.CH4/c16-9-10-5-1-2-6-11(10)14-12-7-3-4-8-13(12)17-15-14;/h1-8,16H,9H2;1H4. The van der Waals surface area contributed by atoms with Crippen molar-refractivity contribution >= 4 is 11.0 Å². The minimum Gasteiger partial charge on any atom is -0.392 e. The molecule has 92 valence electrons. The third kappa shape index (κ3) is 1.89. The molecule has 0 spiro atoms.